The summed E-state index contributed by atoms with van der Waals surface area (Å²) in [6.07, 6.45) is 6.99. The van der Waals surface area contributed by atoms with Crippen molar-refractivity contribution < 1.29 is 9.53 Å². The van der Waals surface area contributed by atoms with E-state index in [1.54, 1.807) is 19.5 Å². The van der Waals surface area contributed by atoms with Crippen molar-refractivity contribution in [2.75, 3.05) is 19.5 Å². The maximum Gasteiger partial charge on any atom is 0.192 e. The van der Waals surface area contributed by atoms with Gasteiger partial charge in [-0.15, -0.1) is 10.2 Å². The second kappa shape index (κ2) is 10.2. The Morgan fingerprint density at radius 3 is 2.66 bits per heavy atom. The molecule has 180 valence electrons. The van der Waals surface area contributed by atoms with Crippen molar-refractivity contribution in [3.8, 4) is 17.1 Å². The minimum atomic E-state index is 0.0854. The Morgan fingerprint density at radius 1 is 1.06 bits per heavy atom. The van der Waals surface area contributed by atoms with Crippen LogP contribution in [-0.2, 0) is 24.1 Å². The van der Waals surface area contributed by atoms with Gasteiger partial charge in [-0.2, -0.15) is 0 Å². The molecule has 0 amide bonds. The third-order valence-corrected chi connectivity index (χ3v) is 7.55. The number of carbonyl (C=O) groups is 1. The van der Waals surface area contributed by atoms with Gasteiger partial charge in [0.1, 0.15) is 0 Å². The number of fused-ring (bicyclic) bond motifs is 1. The fraction of sp³-hybridized carbons (Fsp3) is 0.333. The Bertz CT molecular complexity index is 1360. The number of thioether (sulfide) groups is 1. The number of nitrogens with zero attached hydrogens (tertiary/aromatic N) is 5. The first kappa shape index (κ1) is 23.5. The summed E-state index contributed by atoms with van der Waals surface area (Å²) in [6, 6.07) is 12.5. The molecule has 0 atom stereocenters. The number of benzene rings is 1. The number of methoxy groups -OCH3 is 1. The number of ether oxygens (including phenoxy) is 1. The molecule has 0 aliphatic heterocycles. The number of ketones is 1. The van der Waals surface area contributed by atoms with E-state index in [4.69, 9.17) is 4.74 Å². The molecule has 0 N–H and O–H groups in total. The molecule has 1 aliphatic carbocycles. The van der Waals surface area contributed by atoms with Gasteiger partial charge in [0.15, 0.2) is 16.8 Å². The summed E-state index contributed by atoms with van der Waals surface area (Å²) in [5, 5.41) is 9.47. The molecule has 0 saturated carbocycles. The zero-order chi connectivity index (χ0) is 24.4. The number of rotatable bonds is 9. The number of hydrogen-bond acceptors (Lipinski definition) is 6. The monoisotopic (exact) mass is 487 g/mol. The first-order valence-electron chi connectivity index (χ1n) is 11.9. The molecule has 3 aromatic heterocycles. The molecule has 0 spiro atoms. The minimum Gasteiger partial charge on any atom is -0.383 e. The average molecular weight is 488 g/mol. The Labute approximate surface area is 209 Å². The van der Waals surface area contributed by atoms with Crippen molar-refractivity contribution in [1.82, 2.24) is 24.3 Å². The van der Waals surface area contributed by atoms with E-state index >= 15 is 0 Å². The molecule has 7 nitrogen and oxygen atoms in total. The molecular formula is C27H29N5O2S. The van der Waals surface area contributed by atoms with Crippen LogP contribution >= 0.6 is 11.8 Å². The first-order valence-corrected chi connectivity index (χ1v) is 12.8. The van der Waals surface area contributed by atoms with Crippen LogP contribution in [0.4, 0.5) is 0 Å². The molecule has 0 unspecified atom stereocenters. The minimum absolute atomic E-state index is 0.0854. The molecule has 35 heavy (non-hydrogen) atoms. The second-order valence-corrected chi connectivity index (χ2v) is 9.77. The summed E-state index contributed by atoms with van der Waals surface area (Å²) in [5.74, 6) is 1.12. The van der Waals surface area contributed by atoms with Crippen LogP contribution in [0.5, 0.6) is 0 Å². The summed E-state index contributed by atoms with van der Waals surface area (Å²) in [7, 11) is 1.67. The van der Waals surface area contributed by atoms with Crippen molar-refractivity contribution in [3.63, 3.8) is 0 Å². The van der Waals surface area contributed by atoms with Crippen molar-refractivity contribution >= 4 is 17.5 Å². The lowest BCUT2D eigenvalue weighted by Gasteiger charge is -2.12. The number of hydrogen-bond donors (Lipinski definition) is 0. The van der Waals surface area contributed by atoms with E-state index in [1.807, 2.05) is 29.7 Å². The quantitative estimate of drug-likeness (QED) is 0.248. The van der Waals surface area contributed by atoms with Gasteiger partial charge in [-0.3, -0.25) is 14.3 Å². The number of pyridine rings is 1. The molecule has 5 rings (SSSR count). The highest BCUT2D eigenvalue weighted by Crippen LogP contribution is 2.29. The van der Waals surface area contributed by atoms with Gasteiger partial charge < -0.3 is 9.30 Å². The van der Waals surface area contributed by atoms with Crippen LogP contribution < -0.4 is 0 Å². The van der Waals surface area contributed by atoms with Gasteiger partial charge in [0.25, 0.3) is 0 Å². The number of aromatic nitrogens is 5. The van der Waals surface area contributed by atoms with E-state index in [-0.39, 0.29) is 11.5 Å². The molecule has 0 radical (unpaired) electrons. The molecule has 0 bridgehead atoms. The van der Waals surface area contributed by atoms with E-state index in [1.165, 1.54) is 29.3 Å². The molecular weight excluding hydrogens is 458 g/mol. The SMILES string of the molecule is COCCn1c(SCC(=O)c2cc(C)n(-c3ccc4c(c3)CCC4)c2C)nnc1-c1ccncc1. The van der Waals surface area contributed by atoms with E-state index in [2.05, 4.69) is 44.9 Å². The van der Waals surface area contributed by atoms with E-state index < -0.39 is 0 Å². The van der Waals surface area contributed by atoms with Crippen molar-refractivity contribution in [2.24, 2.45) is 0 Å². The topological polar surface area (TPSA) is 74.8 Å². The number of aryl methyl sites for hydroxylation is 3. The summed E-state index contributed by atoms with van der Waals surface area (Å²) in [4.78, 5) is 17.4. The Kier molecular flexibility index (Phi) is 6.83. The Morgan fingerprint density at radius 2 is 1.86 bits per heavy atom. The summed E-state index contributed by atoms with van der Waals surface area (Å²) >= 11 is 1.41. The average Bonchev–Trinajstić information content (AvgIpc) is 3.58. The van der Waals surface area contributed by atoms with E-state index in [0.29, 0.717) is 18.3 Å². The third-order valence-electron chi connectivity index (χ3n) is 6.58. The van der Waals surface area contributed by atoms with Crippen LogP contribution in [0.25, 0.3) is 17.1 Å². The van der Waals surface area contributed by atoms with Gasteiger partial charge in [0, 0.05) is 47.7 Å². The fourth-order valence-corrected chi connectivity index (χ4v) is 5.69. The Balaban J connectivity index is 1.37. The lowest BCUT2D eigenvalue weighted by molar-refractivity contribution is 0.102. The van der Waals surface area contributed by atoms with E-state index in [0.717, 1.165) is 46.9 Å². The fourth-order valence-electron chi connectivity index (χ4n) is 4.84. The van der Waals surface area contributed by atoms with Gasteiger partial charge >= 0.3 is 0 Å². The molecule has 1 aromatic carbocycles. The maximum absolute atomic E-state index is 13.3. The van der Waals surface area contributed by atoms with Crippen LogP contribution in [0.15, 0.2) is 53.9 Å². The third kappa shape index (κ3) is 4.68. The van der Waals surface area contributed by atoms with Gasteiger partial charge in [0.05, 0.1) is 18.9 Å². The smallest absolute Gasteiger partial charge is 0.192 e. The zero-order valence-corrected chi connectivity index (χ0v) is 21.1. The predicted octanol–water partition coefficient (Wildman–Crippen LogP) is 4.86. The summed E-state index contributed by atoms with van der Waals surface area (Å²) < 4.78 is 9.49. The van der Waals surface area contributed by atoms with Crippen LogP contribution in [0, 0.1) is 13.8 Å². The second-order valence-electron chi connectivity index (χ2n) is 8.83. The number of carbonyl (C=O) groups excluding carboxylic acids is 1. The first-order chi connectivity index (χ1) is 17.1. The molecule has 1 aliphatic rings. The Hall–Kier alpha value is -3.23. The molecule has 4 aromatic rings. The largest absolute Gasteiger partial charge is 0.383 e. The van der Waals surface area contributed by atoms with Crippen LogP contribution in [0.3, 0.4) is 0 Å². The maximum atomic E-state index is 13.3. The highest BCUT2D eigenvalue weighted by Gasteiger charge is 2.21. The van der Waals surface area contributed by atoms with Gasteiger partial charge in [-0.05, 0) is 74.6 Å². The highest BCUT2D eigenvalue weighted by molar-refractivity contribution is 7.99. The normalized spacial score (nSPS) is 12.8. The van der Waals surface area contributed by atoms with Crippen molar-refractivity contribution in [3.05, 3.63) is 76.9 Å². The zero-order valence-electron chi connectivity index (χ0n) is 20.3. The predicted molar refractivity (Wildman–Crippen MR) is 137 cm³/mol. The van der Waals surface area contributed by atoms with Gasteiger partial charge in [-0.25, -0.2) is 0 Å². The molecule has 8 heteroatoms. The molecule has 0 fully saturated rings. The van der Waals surface area contributed by atoms with E-state index in [9.17, 15) is 4.79 Å². The number of Topliss-reactive ketones (excluding diaryl/α,β-unsaturated/α-hetero) is 1. The van der Waals surface area contributed by atoms with Crippen LogP contribution in [0.1, 0.15) is 39.3 Å². The summed E-state index contributed by atoms with van der Waals surface area (Å²) in [6.45, 7) is 5.22. The van der Waals surface area contributed by atoms with Crippen LogP contribution in [0.2, 0.25) is 0 Å². The lowest BCUT2D eigenvalue weighted by Crippen LogP contribution is -2.10. The highest BCUT2D eigenvalue weighted by atomic mass is 32.2. The van der Waals surface area contributed by atoms with Crippen molar-refractivity contribution in [2.45, 2.75) is 44.8 Å². The van der Waals surface area contributed by atoms with Crippen molar-refractivity contribution in [1.29, 1.82) is 0 Å². The van der Waals surface area contributed by atoms with Gasteiger partial charge in [-0.1, -0.05) is 17.8 Å². The standard InChI is InChI=1S/C27H29N5O2S/c1-18-15-24(19(2)32(18)23-8-7-20-5-4-6-22(20)16-23)25(33)17-35-27-30-29-26(31(27)13-14-34-3)21-9-11-28-12-10-21/h7-12,15-16H,4-6,13-14,17H2,1-3H3. The lowest BCUT2D eigenvalue weighted by atomic mass is 10.1. The summed E-state index contributed by atoms with van der Waals surface area (Å²) in [5.41, 5.74) is 7.74. The molecule has 0 saturated heterocycles. The van der Waals surface area contributed by atoms with Gasteiger partial charge in [0.2, 0.25) is 0 Å². The van der Waals surface area contributed by atoms with Crippen LogP contribution in [-0.4, -0.2) is 49.6 Å². The molecule has 3 heterocycles.